The van der Waals surface area contributed by atoms with Gasteiger partial charge in [-0.2, -0.15) is 0 Å². The van der Waals surface area contributed by atoms with E-state index >= 15 is 0 Å². The lowest BCUT2D eigenvalue weighted by Crippen LogP contribution is -3.12. The quantitative estimate of drug-likeness (QED) is 0.896. The molecule has 1 fully saturated rings. The smallest absolute Gasteiger partial charge is 0.143 e. The summed E-state index contributed by atoms with van der Waals surface area (Å²) in [4.78, 5) is 1.54. The predicted octanol–water partition coefficient (Wildman–Crippen LogP) is 1.07. The highest BCUT2D eigenvalue weighted by atomic mass is 16.5. The van der Waals surface area contributed by atoms with E-state index in [0.717, 1.165) is 49.9 Å². The SMILES string of the molecule is Cc1onc(-c2ccccc2)c1C[NH+]1CCOCC1. The molecule has 0 spiro atoms. The largest absolute Gasteiger partial charge is 0.370 e. The number of hydrogen-bond acceptors (Lipinski definition) is 3. The normalized spacial score (nSPS) is 16.7. The molecule has 0 amide bonds. The van der Waals surface area contributed by atoms with E-state index in [1.165, 1.54) is 10.5 Å². The Balaban J connectivity index is 1.86. The molecule has 2 heterocycles. The van der Waals surface area contributed by atoms with Gasteiger partial charge >= 0.3 is 0 Å². The van der Waals surface area contributed by atoms with Crippen molar-refractivity contribution in [2.75, 3.05) is 26.3 Å². The third-order valence-corrected chi connectivity index (χ3v) is 3.66. The highest BCUT2D eigenvalue weighted by Crippen LogP contribution is 2.24. The minimum Gasteiger partial charge on any atom is -0.370 e. The van der Waals surface area contributed by atoms with Crippen LogP contribution in [0.25, 0.3) is 11.3 Å². The van der Waals surface area contributed by atoms with Crippen molar-refractivity contribution in [1.29, 1.82) is 0 Å². The van der Waals surface area contributed by atoms with Crippen LogP contribution in [0.2, 0.25) is 0 Å². The molecule has 0 saturated carbocycles. The molecule has 4 nitrogen and oxygen atoms in total. The molecule has 3 rings (SSSR count). The van der Waals surface area contributed by atoms with E-state index in [1.807, 2.05) is 25.1 Å². The number of nitrogens with zero attached hydrogens (tertiary/aromatic N) is 1. The van der Waals surface area contributed by atoms with Crippen molar-refractivity contribution < 1.29 is 14.2 Å². The van der Waals surface area contributed by atoms with Gasteiger partial charge in [-0.15, -0.1) is 0 Å². The lowest BCUT2D eigenvalue weighted by molar-refractivity contribution is -0.921. The maximum atomic E-state index is 5.40. The maximum Gasteiger partial charge on any atom is 0.143 e. The number of nitrogens with one attached hydrogen (secondary N) is 1. The number of morpholine rings is 1. The van der Waals surface area contributed by atoms with Gasteiger partial charge in [-0.05, 0) is 6.92 Å². The van der Waals surface area contributed by atoms with Gasteiger partial charge < -0.3 is 14.2 Å². The summed E-state index contributed by atoms with van der Waals surface area (Å²) >= 11 is 0. The van der Waals surface area contributed by atoms with E-state index in [4.69, 9.17) is 9.26 Å². The molecule has 1 aliphatic rings. The van der Waals surface area contributed by atoms with Gasteiger partial charge in [0.25, 0.3) is 0 Å². The van der Waals surface area contributed by atoms with Gasteiger partial charge in [0.05, 0.1) is 18.8 Å². The minimum absolute atomic E-state index is 0.848. The zero-order valence-corrected chi connectivity index (χ0v) is 11.2. The average Bonchev–Trinajstić information content (AvgIpc) is 2.82. The molecule has 1 saturated heterocycles. The second-order valence-corrected chi connectivity index (χ2v) is 4.97. The standard InChI is InChI=1S/C15H18N2O2/c1-12-14(11-17-7-9-18-10-8-17)15(16-19-12)13-5-3-2-4-6-13/h2-6H,7-11H2,1H3/p+1. The fourth-order valence-electron chi connectivity index (χ4n) is 2.51. The van der Waals surface area contributed by atoms with Crippen LogP contribution in [0.1, 0.15) is 11.3 Å². The van der Waals surface area contributed by atoms with E-state index in [0.29, 0.717) is 0 Å². The van der Waals surface area contributed by atoms with Crippen LogP contribution >= 0.6 is 0 Å². The summed E-state index contributed by atoms with van der Waals surface area (Å²) in [5.74, 6) is 0.929. The number of rotatable bonds is 3. The molecule has 1 aromatic heterocycles. The van der Waals surface area contributed by atoms with Gasteiger partial charge in [-0.3, -0.25) is 0 Å². The van der Waals surface area contributed by atoms with Crippen molar-refractivity contribution in [2.45, 2.75) is 13.5 Å². The van der Waals surface area contributed by atoms with Crippen LogP contribution in [0.5, 0.6) is 0 Å². The Hall–Kier alpha value is -1.65. The van der Waals surface area contributed by atoms with Crippen LogP contribution in [-0.4, -0.2) is 31.5 Å². The molecule has 0 atom stereocenters. The third-order valence-electron chi connectivity index (χ3n) is 3.66. The van der Waals surface area contributed by atoms with E-state index in [2.05, 4.69) is 17.3 Å². The first-order valence-electron chi connectivity index (χ1n) is 6.76. The second kappa shape index (κ2) is 5.55. The van der Waals surface area contributed by atoms with Crippen molar-refractivity contribution in [2.24, 2.45) is 0 Å². The summed E-state index contributed by atoms with van der Waals surface area (Å²) < 4.78 is 10.8. The monoisotopic (exact) mass is 259 g/mol. The first kappa shape index (κ1) is 12.4. The Labute approximate surface area is 113 Å². The number of aryl methyl sites for hydroxylation is 1. The summed E-state index contributed by atoms with van der Waals surface area (Å²) in [6, 6.07) is 10.2. The van der Waals surface area contributed by atoms with Gasteiger partial charge in [0.2, 0.25) is 0 Å². The number of ether oxygens (including phenoxy) is 1. The van der Waals surface area contributed by atoms with Crippen molar-refractivity contribution in [1.82, 2.24) is 5.16 Å². The molecule has 19 heavy (non-hydrogen) atoms. The lowest BCUT2D eigenvalue weighted by Gasteiger charge is -2.23. The first-order valence-corrected chi connectivity index (χ1v) is 6.76. The molecule has 1 aromatic carbocycles. The topological polar surface area (TPSA) is 39.7 Å². The van der Waals surface area contributed by atoms with Crippen LogP contribution < -0.4 is 4.90 Å². The minimum atomic E-state index is 0.848. The molecule has 0 radical (unpaired) electrons. The molecule has 1 N–H and O–H groups in total. The van der Waals surface area contributed by atoms with Crippen molar-refractivity contribution in [3.05, 3.63) is 41.7 Å². The zero-order chi connectivity index (χ0) is 13.1. The van der Waals surface area contributed by atoms with E-state index in [9.17, 15) is 0 Å². The molecule has 2 aromatic rings. The Kier molecular flexibility index (Phi) is 3.62. The van der Waals surface area contributed by atoms with E-state index in [1.54, 1.807) is 0 Å². The van der Waals surface area contributed by atoms with Crippen LogP contribution in [0.15, 0.2) is 34.9 Å². The maximum absolute atomic E-state index is 5.40. The lowest BCUT2D eigenvalue weighted by atomic mass is 10.1. The van der Waals surface area contributed by atoms with Gasteiger partial charge in [0.15, 0.2) is 0 Å². The zero-order valence-electron chi connectivity index (χ0n) is 11.2. The Bertz CT molecular complexity index is 530. The van der Waals surface area contributed by atoms with Crippen LogP contribution in [0, 0.1) is 6.92 Å². The van der Waals surface area contributed by atoms with Gasteiger partial charge in [0.1, 0.15) is 31.1 Å². The van der Waals surface area contributed by atoms with Crippen LogP contribution in [0.4, 0.5) is 0 Å². The Morgan fingerprint density at radius 3 is 2.63 bits per heavy atom. The van der Waals surface area contributed by atoms with Crippen LogP contribution in [-0.2, 0) is 11.3 Å². The average molecular weight is 259 g/mol. The van der Waals surface area contributed by atoms with Crippen molar-refractivity contribution in [3.63, 3.8) is 0 Å². The second-order valence-electron chi connectivity index (χ2n) is 4.97. The number of aromatic nitrogens is 1. The summed E-state index contributed by atoms with van der Waals surface area (Å²) in [5, 5.41) is 4.23. The van der Waals surface area contributed by atoms with Crippen molar-refractivity contribution in [3.8, 4) is 11.3 Å². The molecule has 100 valence electrons. The number of benzene rings is 1. The van der Waals surface area contributed by atoms with E-state index < -0.39 is 0 Å². The number of hydrogen-bond donors (Lipinski definition) is 1. The Morgan fingerprint density at radius 2 is 1.89 bits per heavy atom. The summed E-state index contributed by atoms with van der Waals surface area (Å²) in [6.07, 6.45) is 0. The molecule has 0 bridgehead atoms. The van der Waals surface area contributed by atoms with Crippen molar-refractivity contribution >= 4 is 0 Å². The van der Waals surface area contributed by atoms with E-state index in [-0.39, 0.29) is 0 Å². The summed E-state index contributed by atoms with van der Waals surface area (Å²) in [5.41, 5.74) is 3.34. The van der Waals surface area contributed by atoms with Gasteiger partial charge in [0, 0.05) is 5.56 Å². The first-order chi connectivity index (χ1) is 9.34. The van der Waals surface area contributed by atoms with Crippen LogP contribution in [0.3, 0.4) is 0 Å². The molecule has 1 aliphatic heterocycles. The predicted molar refractivity (Wildman–Crippen MR) is 71.9 cm³/mol. The third kappa shape index (κ3) is 2.69. The fraction of sp³-hybridized carbons (Fsp3) is 0.400. The summed E-state index contributed by atoms with van der Waals surface area (Å²) in [6.45, 7) is 6.76. The Morgan fingerprint density at radius 1 is 1.16 bits per heavy atom. The number of quaternary nitrogens is 1. The molecule has 0 aliphatic carbocycles. The van der Waals surface area contributed by atoms with Gasteiger partial charge in [-0.25, -0.2) is 0 Å². The molecular weight excluding hydrogens is 240 g/mol. The molecular formula is C15H19N2O2+. The highest BCUT2D eigenvalue weighted by molar-refractivity contribution is 5.62. The molecule has 0 unspecified atom stereocenters. The highest BCUT2D eigenvalue weighted by Gasteiger charge is 2.21. The summed E-state index contributed by atoms with van der Waals surface area (Å²) in [7, 11) is 0. The molecule has 4 heteroatoms. The van der Waals surface area contributed by atoms with Gasteiger partial charge in [-0.1, -0.05) is 35.5 Å². The fourth-order valence-corrected chi connectivity index (χ4v) is 2.51.